The molecule has 2 aliphatic heterocycles. The van der Waals surface area contributed by atoms with Crippen molar-refractivity contribution in [2.75, 3.05) is 51.4 Å². The number of primary amides is 1. The van der Waals surface area contributed by atoms with E-state index in [4.69, 9.17) is 16.7 Å². The van der Waals surface area contributed by atoms with Crippen LogP contribution in [0.3, 0.4) is 0 Å². The van der Waals surface area contributed by atoms with Crippen molar-refractivity contribution in [3.63, 3.8) is 0 Å². The number of carbonyl (C=O) groups excluding carboxylic acids is 2. The molecule has 0 aliphatic carbocycles. The molecule has 2 aromatic carbocycles. The minimum Gasteiger partial charge on any atom is -0.369 e. The van der Waals surface area contributed by atoms with Gasteiger partial charge in [0, 0.05) is 67.8 Å². The number of carbonyl (C=O) groups is 2. The van der Waals surface area contributed by atoms with Crippen LogP contribution in [0.15, 0.2) is 36.4 Å². The van der Waals surface area contributed by atoms with E-state index in [1.807, 2.05) is 11.8 Å². The predicted octanol–water partition coefficient (Wildman–Crippen LogP) is 3.11. The van der Waals surface area contributed by atoms with Gasteiger partial charge in [0.15, 0.2) is 0 Å². The molecule has 1 saturated heterocycles. The van der Waals surface area contributed by atoms with E-state index in [2.05, 4.69) is 5.32 Å². The van der Waals surface area contributed by atoms with Crippen LogP contribution in [-0.4, -0.2) is 72.6 Å². The number of hydrogen-bond acceptors (Lipinski definition) is 5. The molecule has 2 heterocycles. The molecule has 36 heavy (non-hydrogen) atoms. The van der Waals surface area contributed by atoms with Gasteiger partial charge in [0.05, 0.1) is 12.1 Å². The SMILES string of the molecule is [2H]C1([2H])N(C)C([2H])([2H])C([2H])([2H])N(Cc2ccc(NC(=O)c3ccc4c(c3)CN(CC(N)=O)C[C@@H]4C)cc2C(F)(F)F)C1([2H])[2H]. The van der Waals surface area contributed by atoms with Gasteiger partial charge in [-0.3, -0.25) is 19.4 Å². The minimum atomic E-state index is -5.05. The van der Waals surface area contributed by atoms with Gasteiger partial charge in [0.1, 0.15) is 0 Å². The van der Waals surface area contributed by atoms with Crippen LogP contribution in [0.1, 0.15) is 56.4 Å². The average molecular weight is 512 g/mol. The zero-order valence-corrected chi connectivity index (χ0v) is 19.7. The maximum Gasteiger partial charge on any atom is 0.416 e. The number of rotatable bonds is 6. The van der Waals surface area contributed by atoms with Crippen LogP contribution in [0.25, 0.3) is 0 Å². The maximum atomic E-state index is 14.2. The Kier molecular flexibility index (Phi) is 5.14. The number of piperazine rings is 1. The molecule has 0 saturated carbocycles. The lowest BCUT2D eigenvalue weighted by molar-refractivity contribution is -0.138. The van der Waals surface area contributed by atoms with Gasteiger partial charge in [0.25, 0.3) is 5.91 Å². The van der Waals surface area contributed by atoms with Crippen LogP contribution < -0.4 is 11.1 Å². The van der Waals surface area contributed by atoms with Gasteiger partial charge < -0.3 is 16.0 Å². The van der Waals surface area contributed by atoms with E-state index in [1.165, 1.54) is 6.07 Å². The van der Waals surface area contributed by atoms with Gasteiger partial charge in [-0.1, -0.05) is 19.1 Å². The lowest BCUT2D eigenvalue weighted by Gasteiger charge is -2.33. The molecule has 1 atom stereocenters. The van der Waals surface area contributed by atoms with E-state index in [0.717, 1.165) is 30.3 Å². The van der Waals surface area contributed by atoms with Crippen LogP contribution in [-0.2, 0) is 24.1 Å². The fourth-order valence-corrected chi connectivity index (χ4v) is 4.33. The molecule has 1 fully saturated rings. The highest BCUT2D eigenvalue weighted by molar-refractivity contribution is 6.04. The van der Waals surface area contributed by atoms with Crippen LogP contribution in [0.5, 0.6) is 0 Å². The summed E-state index contributed by atoms with van der Waals surface area (Å²) < 4.78 is 108. The Bertz CT molecular complexity index is 1450. The highest BCUT2D eigenvalue weighted by Crippen LogP contribution is 2.35. The van der Waals surface area contributed by atoms with E-state index in [1.54, 1.807) is 12.1 Å². The van der Waals surface area contributed by atoms with Crippen LogP contribution in [0, 0.1) is 0 Å². The quantitative estimate of drug-likeness (QED) is 0.623. The number of halogens is 3. The van der Waals surface area contributed by atoms with Crippen molar-refractivity contribution in [1.82, 2.24) is 14.7 Å². The minimum absolute atomic E-state index is 0.0269. The average Bonchev–Trinajstić information content (AvgIpc) is 2.89. The summed E-state index contributed by atoms with van der Waals surface area (Å²) in [5.41, 5.74) is 4.93. The number of likely N-dealkylation sites (N-methyl/N-ethyl adjacent to an activating group) is 1. The molecular weight excluding hydrogens is 471 g/mol. The van der Waals surface area contributed by atoms with Crippen molar-refractivity contribution in [1.29, 1.82) is 0 Å². The van der Waals surface area contributed by atoms with Crippen molar-refractivity contribution in [3.05, 3.63) is 64.2 Å². The first kappa shape index (κ1) is 17.5. The Morgan fingerprint density at radius 3 is 2.50 bits per heavy atom. The highest BCUT2D eigenvalue weighted by atomic mass is 19.4. The lowest BCUT2D eigenvalue weighted by Crippen LogP contribution is -2.44. The first-order valence-electron chi connectivity index (χ1n) is 15.2. The molecular formula is C26H32F3N5O2. The van der Waals surface area contributed by atoms with E-state index >= 15 is 0 Å². The van der Waals surface area contributed by atoms with Crippen molar-refractivity contribution in [2.24, 2.45) is 5.73 Å². The molecule has 0 bridgehead atoms. The molecule has 2 aromatic rings. The third-order valence-corrected chi connectivity index (χ3v) is 5.95. The molecule has 7 nitrogen and oxygen atoms in total. The van der Waals surface area contributed by atoms with E-state index in [0.29, 0.717) is 19.2 Å². The fourth-order valence-electron chi connectivity index (χ4n) is 4.33. The first-order valence-corrected chi connectivity index (χ1v) is 11.2. The van der Waals surface area contributed by atoms with Gasteiger partial charge in [-0.05, 0) is 53.9 Å². The summed E-state index contributed by atoms with van der Waals surface area (Å²) in [6, 6.07) is 7.49. The summed E-state index contributed by atoms with van der Waals surface area (Å²) in [7, 11) is 0.853. The second kappa shape index (κ2) is 10.6. The summed E-state index contributed by atoms with van der Waals surface area (Å²) in [5.74, 6) is -1.18. The Balaban J connectivity index is 1.64. The summed E-state index contributed by atoms with van der Waals surface area (Å²) >= 11 is 0. The summed E-state index contributed by atoms with van der Waals surface area (Å²) in [4.78, 5) is 26.6. The van der Waals surface area contributed by atoms with Gasteiger partial charge in [-0.2, -0.15) is 13.2 Å². The van der Waals surface area contributed by atoms with Crippen LogP contribution in [0.4, 0.5) is 18.9 Å². The second-order valence-corrected chi connectivity index (χ2v) is 8.87. The number of alkyl halides is 3. The number of hydrogen-bond donors (Lipinski definition) is 2. The molecule has 0 spiro atoms. The van der Waals surface area contributed by atoms with Crippen molar-refractivity contribution >= 4 is 17.5 Å². The van der Waals surface area contributed by atoms with Crippen molar-refractivity contribution in [3.8, 4) is 0 Å². The Morgan fingerprint density at radius 2 is 1.83 bits per heavy atom. The van der Waals surface area contributed by atoms with Gasteiger partial charge >= 0.3 is 6.18 Å². The standard InChI is InChI=1S/C26H32F3N5O2/c1-17-13-34(16-24(30)35)15-20-11-18(4-6-22(17)20)25(36)31-21-5-3-19(23(12-21)26(27,28)29)14-33-9-7-32(2)8-10-33/h3-6,11-12,17H,7-10,13-16H2,1-2H3,(H2,30,35)(H,31,36)/t17-/m0/s1/i7D2,8D2,9D2,10D2. The largest absolute Gasteiger partial charge is 0.416 e. The summed E-state index contributed by atoms with van der Waals surface area (Å²) in [6.45, 7) is -11.0. The van der Waals surface area contributed by atoms with E-state index in [9.17, 15) is 22.8 Å². The molecule has 2 amide bonds. The number of nitrogens with one attached hydrogen (secondary N) is 1. The lowest BCUT2D eigenvalue weighted by atomic mass is 9.89. The summed E-state index contributed by atoms with van der Waals surface area (Å²) in [5, 5.41) is 2.41. The van der Waals surface area contributed by atoms with Crippen molar-refractivity contribution < 1.29 is 33.7 Å². The molecule has 2 aliphatic rings. The molecule has 3 N–H and O–H groups in total. The maximum absolute atomic E-state index is 14.2. The molecule has 10 heteroatoms. The monoisotopic (exact) mass is 511 g/mol. The molecule has 0 aromatic heterocycles. The number of nitrogens with two attached hydrogens (primary N) is 1. The number of benzene rings is 2. The van der Waals surface area contributed by atoms with Crippen LogP contribution in [0.2, 0.25) is 0 Å². The van der Waals surface area contributed by atoms with Crippen LogP contribution >= 0.6 is 0 Å². The third kappa shape index (κ3) is 6.24. The fraction of sp³-hybridized carbons (Fsp3) is 0.462. The van der Waals surface area contributed by atoms with Gasteiger partial charge in [-0.15, -0.1) is 0 Å². The van der Waals surface area contributed by atoms with Crippen molar-refractivity contribution in [2.45, 2.75) is 32.1 Å². The smallest absolute Gasteiger partial charge is 0.369 e. The zero-order chi connectivity index (χ0) is 33.2. The Morgan fingerprint density at radius 1 is 1.11 bits per heavy atom. The molecule has 4 rings (SSSR count). The number of anilines is 1. The number of amides is 2. The first-order chi connectivity index (χ1) is 20.0. The summed E-state index contributed by atoms with van der Waals surface area (Å²) in [6.07, 6.45) is -5.05. The highest BCUT2D eigenvalue weighted by Gasteiger charge is 2.34. The van der Waals surface area contributed by atoms with E-state index < -0.39 is 61.6 Å². The molecule has 0 radical (unpaired) electrons. The molecule has 0 unspecified atom stereocenters. The number of nitrogens with zero attached hydrogens (tertiary/aromatic N) is 3. The topological polar surface area (TPSA) is 81.9 Å². The Hall–Kier alpha value is -2.95. The predicted molar refractivity (Wildman–Crippen MR) is 131 cm³/mol. The number of fused-ring (bicyclic) bond motifs is 1. The van der Waals surface area contributed by atoms with Gasteiger partial charge in [0.2, 0.25) is 5.91 Å². The molecule has 194 valence electrons. The zero-order valence-electron chi connectivity index (χ0n) is 27.7. The van der Waals surface area contributed by atoms with E-state index in [-0.39, 0.29) is 33.5 Å². The third-order valence-electron chi connectivity index (χ3n) is 5.95. The normalized spacial score (nSPS) is 28.5. The second-order valence-electron chi connectivity index (χ2n) is 8.87. The Labute approximate surface area is 220 Å². The van der Waals surface area contributed by atoms with Gasteiger partial charge in [-0.25, -0.2) is 0 Å².